The van der Waals surface area contributed by atoms with Gasteiger partial charge < -0.3 is 14.2 Å². The molecule has 6 heteroatoms. The van der Waals surface area contributed by atoms with Crippen molar-refractivity contribution in [2.75, 3.05) is 6.79 Å². The number of hydrogen-bond donors (Lipinski definition) is 0. The summed E-state index contributed by atoms with van der Waals surface area (Å²) in [4.78, 5) is 25.1. The Morgan fingerprint density at radius 1 is 0.750 bits per heavy atom. The molecule has 2 aromatic carbocycles. The number of carbonyl (C=O) groups is 2. The minimum Gasteiger partial charge on any atom is -0.457 e. The highest BCUT2D eigenvalue weighted by atomic mass is 32.1. The van der Waals surface area contributed by atoms with Crippen molar-refractivity contribution in [1.29, 1.82) is 0 Å². The Hall–Kier alpha value is -3.64. The van der Waals surface area contributed by atoms with E-state index in [9.17, 15) is 9.59 Å². The molecule has 5 nitrogen and oxygen atoms in total. The van der Waals surface area contributed by atoms with Crippen LogP contribution in [0.5, 0.6) is 5.75 Å². The average Bonchev–Trinajstić information content (AvgIpc) is 3.28. The molecule has 32 heavy (non-hydrogen) atoms. The van der Waals surface area contributed by atoms with E-state index in [1.807, 2.05) is 48.5 Å². The van der Waals surface area contributed by atoms with Crippen LogP contribution in [0.4, 0.5) is 0 Å². The summed E-state index contributed by atoms with van der Waals surface area (Å²) in [5, 5.41) is 0. The number of carbonyl (C=O) groups excluding carboxylic acids is 2. The Labute approximate surface area is 191 Å². The predicted molar refractivity (Wildman–Crippen MR) is 126 cm³/mol. The van der Waals surface area contributed by atoms with Crippen LogP contribution in [0.25, 0.3) is 20.9 Å². The van der Waals surface area contributed by atoms with Gasteiger partial charge in [-0.1, -0.05) is 37.4 Å². The van der Waals surface area contributed by atoms with Crippen molar-refractivity contribution in [2.45, 2.75) is 20.5 Å². The molecule has 0 saturated heterocycles. The summed E-state index contributed by atoms with van der Waals surface area (Å²) in [6.45, 7) is 10.4. The van der Waals surface area contributed by atoms with Crippen LogP contribution < -0.4 is 4.74 Å². The van der Waals surface area contributed by atoms with Crippen molar-refractivity contribution in [3.05, 3.63) is 90.5 Å². The first-order valence-corrected chi connectivity index (χ1v) is 10.7. The predicted octanol–water partition coefficient (Wildman–Crippen LogP) is 6.16. The summed E-state index contributed by atoms with van der Waals surface area (Å²) < 4.78 is 15.5. The monoisotopic (exact) mass is 448 g/mol. The van der Waals surface area contributed by atoms with Crippen LogP contribution in [0.3, 0.4) is 0 Å². The summed E-state index contributed by atoms with van der Waals surface area (Å²) in [6, 6.07) is 19.7. The van der Waals surface area contributed by atoms with E-state index in [4.69, 9.17) is 14.2 Å². The second-order valence-corrected chi connectivity index (χ2v) is 8.30. The molecule has 0 radical (unpaired) electrons. The van der Waals surface area contributed by atoms with Gasteiger partial charge in [-0.15, -0.1) is 11.3 Å². The van der Waals surface area contributed by atoms with Crippen LogP contribution in [0.15, 0.2) is 85.0 Å². The van der Waals surface area contributed by atoms with E-state index in [2.05, 4.69) is 25.3 Å². The maximum Gasteiger partial charge on any atom is 0.335 e. The smallest absolute Gasteiger partial charge is 0.335 e. The standard InChI is InChI=1S/C26H24O5S/c1-17(2)25(27)29-15-19-5-7-20(8-6-19)23-13-14-24(32-23)21-9-11-22(12-10-21)30-16-31-26(28)18(3)4/h5-14H,1,3,15-16H2,2,4H3. The first-order chi connectivity index (χ1) is 15.3. The fourth-order valence-electron chi connectivity index (χ4n) is 2.68. The average molecular weight is 449 g/mol. The van der Waals surface area contributed by atoms with E-state index < -0.39 is 5.97 Å². The normalized spacial score (nSPS) is 10.3. The number of thiophene rings is 1. The van der Waals surface area contributed by atoms with Gasteiger partial charge >= 0.3 is 11.9 Å². The zero-order valence-corrected chi connectivity index (χ0v) is 18.9. The number of benzene rings is 2. The lowest BCUT2D eigenvalue weighted by Crippen LogP contribution is -2.10. The summed E-state index contributed by atoms with van der Waals surface area (Å²) in [7, 11) is 0. The van der Waals surface area contributed by atoms with Crippen LogP contribution in [0.2, 0.25) is 0 Å². The molecule has 1 aromatic heterocycles. The molecule has 3 aromatic rings. The highest BCUT2D eigenvalue weighted by Crippen LogP contribution is 2.35. The van der Waals surface area contributed by atoms with Gasteiger partial charge in [0.05, 0.1) is 0 Å². The van der Waals surface area contributed by atoms with E-state index in [0.29, 0.717) is 16.9 Å². The van der Waals surface area contributed by atoms with E-state index in [0.717, 1.165) is 26.4 Å². The zero-order valence-electron chi connectivity index (χ0n) is 18.1. The molecule has 0 bridgehead atoms. The number of esters is 2. The van der Waals surface area contributed by atoms with Gasteiger partial charge in [-0.25, -0.2) is 9.59 Å². The minimum atomic E-state index is -0.478. The fraction of sp³-hybridized carbons (Fsp3) is 0.154. The van der Waals surface area contributed by atoms with Gasteiger partial charge in [-0.05, 0) is 66.9 Å². The molecule has 0 saturated carbocycles. The van der Waals surface area contributed by atoms with Gasteiger partial charge in [-0.2, -0.15) is 0 Å². The minimum absolute atomic E-state index is 0.156. The molecule has 0 amide bonds. The largest absolute Gasteiger partial charge is 0.457 e. The van der Waals surface area contributed by atoms with Crippen molar-refractivity contribution in [1.82, 2.24) is 0 Å². The summed E-state index contributed by atoms with van der Waals surface area (Å²) in [6.07, 6.45) is 0. The van der Waals surface area contributed by atoms with E-state index in [1.165, 1.54) is 0 Å². The van der Waals surface area contributed by atoms with Crippen LogP contribution in [-0.2, 0) is 25.7 Å². The second kappa shape index (κ2) is 10.6. The van der Waals surface area contributed by atoms with Gasteiger partial charge in [0.1, 0.15) is 12.4 Å². The fourth-order valence-corrected chi connectivity index (χ4v) is 3.69. The molecule has 0 aliphatic carbocycles. The van der Waals surface area contributed by atoms with Gasteiger partial charge in [0.15, 0.2) is 0 Å². The molecular formula is C26H24O5S. The van der Waals surface area contributed by atoms with Gasteiger partial charge in [0, 0.05) is 20.9 Å². The molecule has 0 N–H and O–H groups in total. The lowest BCUT2D eigenvalue weighted by atomic mass is 10.1. The molecule has 1 heterocycles. The Bertz CT molecular complexity index is 1120. The summed E-state index contributed by atoms with van der Waals surface area (Å²) in [5.41, 5.74) is 3.80. The Morgan fingerprint density at radius 3 is 1.78 bits per heavy atom. The maximum atomic E-state index is 11.5. The Kier molecular flexibility index (Phi) is 7.63. The molecule has 3 rings (SSSR count). The van der Waals surface area contributed by atoms with Gasteiger partial charge in [0.2, 0.25) is 6.79 Å². The quantitative estimate of drug-likeness (QED) is 0.223. The number of ether oxygens (including phenoxy) is 3. The van der Waals surface area contributed by atoms with Gasteiger partial charge in [0.25, 0.3) is 0 Å². The molecule has 0 unspecified atom stereocenters. The van der Waals surface area contributed by atoms with Crippen molar-refractivity contribution in [3.63, 3.8) is 0 Å². The molecule has 0 spiro atoms. The van der Waals surface area contributed by atoms with Crippen LogP contribution in [-0.4, -0.2) is 18.7 Å². The SMILES string of the molecule is C=C(C)C(=O)OCOc1ccc(-c2ccc(-c3ccc(COC(=O)C(=C)C)cc3)s2)cc1. The van der Waals surface area contributed by atoms with E-state index in [-0.39, 0.29) is 19.4 Å². The van der Waals surface area contributed by atoms with E-state index in [1.54, 1.807) is 25.2 Å². The van der Waals surface area contributed by atoms with Crippen LogP contribution in [0, 0.1) is 0 Å². The van der Waals surface area contributed by atoms with Crippen molar-refractivity contribution < 1.29 is 23.8 Å². The third kappa shape index (κ3) is 6.18. The van der Waals surface area contributed by atoms with Crippen molar-refractivity contribution >= 4 is 23.3 Å². The number of hydrogen-bond acceptors (Lipinski definition) is 6. The molecule has 0 atom stereocenters. The Balaban J connectivity index is 1.59. The maximum absolute atomic E-state index is 11.5. The second-order valence-electron chi connectivity index (χ2n) is 7.22. The molecule has 164 valence electrons. The molecular weight excluding hydrogens is 424 g/mol. The Morgan fingerprint density at radius 2 is 1.25 bits per heavy atom. The first kappa shape index (κ1) is 23.0. The lowest BCUT2D eigenvalue weighted by Gasteiger charge is -2.07. The van der Waals surface area contributed by atoms with Gasteiger partial charge in [-0.3, -0.25) is 0 Å². The lowest BCUT2D eigenvalue weighted by molar-refractivity contribution is -0.145. The highest BCUT2D eigenvalue weighted by Gasteiger charge is 2.08. The van der Waals surface area contributed by atoms with Crippen LogP contribution >= 0.6 is 11.3 Å². The number of rotatable bonds is 9. The first-order valence-electron chi connectivity index (χ1n) is 9.91. The third-order valence-electron chi connectivity index (χ3n) is 4.47. The van der Waals surface area contributed by atoms with Crippen molar-refractivity contribution in [3.8, 4) is 26.6 Å². The highest BCUT2D eigenvalue weighted by molar-refractivity contribution is 7.18. The van der Waals surface area contributed by atoms with Crippen LogP contribution in [0.1, 0.15) is 19.4 Å². The summed E-state index contributed by atoms with van der Waals surface area (Å²) >= 11 is 1.68. The topological polar surface area (TPSA) is 61.8 Å². The molecule has 0 aliphatic heterocycles. The van der Waals surface area contributed by atoms with Crippen molar-refractivity contribution in [2.24, 2.45) is 0 Å². The summed E-state index contributed by atoms with van der Waals surface area (Å²) in [5.74, 6) is -0.252. The molecule has 0 fully saturated rings. The third-order valence-corrected chi connectivity index (χ3v) is 5.65. The zero-order chi connectivity index (χ0) is 23.1. The van der Waals surface area contributed by atoms with E-state index >= 15 is 0 Å². The molecule has 0 aliphatic rings.